The molecule has 13 heavy (non-hydrogen) atoms. The summed E-state index contributed by atoms with van der Waals surface area (Å²) in [4.78, 5) is 8.38. The van der Waals surface area contributed by atoms with Crippen molar-refractivity contribution in [1.82, 2.24) is 9.97 Å². The Hall–Kier alpha value is -0.640. The Balaban J connectivity index is 2.66. The van der Waals surface area contributed by atoms with E-state index in [0.717, 1.165) is 22.8 Å². The minimum atomic E-state index is 0.619. The molecule has 4 heteroatoms. The number of hydrogen-bond donors (Lipinski definition) is 1. The molecular formula is C9H14BrN3. The van der Waals surface area contributed by atoms with Gasteiger partial charge in [-0.25, -0.2) is 9.97 Å². The van der Waals surface area contributed by atoms with Crippen LogP contribution in [0.15, 0.2) is 10.7 Å². The SMILES string of the molecule is Cc1nc(Br)cc(NCC(C)C)n1. The zero-order valence-electron chi connectivity index (χ0n) is 8.13. The second-order valence-electron chi connectivity index (χ2n) is 3.40. The molecular weight excluding hydrogens is 230 g/mol. The monoisotopic (exact) mass is 243 g/mol. The van der Waals surface area contributed by atoms with E-state index in [4.69, 9.17) is 0 Å². The molecule has 0 fully saturated rings. The van der Waals surface area contributed by atoms with Crippen LogP contribution in [0.2, 0.25) is 0 Å². The quantitative estimate of drug-likeness (QED) is 0.830. The van der Waals surface area contributed by atoms with E-state index in [1.54, 1.807) is 0 Å². The number of anilines is 1. The number of aryl methyl sites for hydroxylation is 1. The number of nitrogens with one attached hydrogen (secondary N) is 1. The van der Waals surface area contributed by atoms with Gasteiger partial charge in [0, 0.05) is 12.6 Å². The van der Waals surface area contributed by atoms with Gasteiger partial charge in [-0.1, -0.05) is 13.8 Å². The van der Waals surface area contributed by atoms with Crippen molar-refractivity contribution in [3.8, 4) is 0 Å². The van der Waals surface area contributed by atoms with E-state index in [1.807, 2.05) is 13.0 Å². The van der Waals surface area contributed by atoms with E-state index in [9.17, 15) is 0 Å². The standard InChI is InChI=1S/C9H14BrN3/c1-6(2)5-11-9-4-8(10)12-7(3)13-9/h4,6H,5H2,1-3H3,(H,11,12,13). The van der Waals surface area contributed by atoms with Crippen LogP contribution in [0, 0.1) is 12.8 Å². The van der Waals surface area contributed by atoms with Crippen molar-refractivity contribution < 1.29 is 0 Å². The zero-order chi connectivity index (χ0) is 9.84. The number of aromatic nitrogens is 2. The van der Waals surface area contributed by atoms with E-state index in [-0.39, 0.29) is 0 Å². The van der Waals surface area contributed by atoms with Gasteiger partial charge in [0.25, 0.3) is 0 Å². The van der Waals surface area contributed by atoms with Gasteiger partial charge in [0.1, 0.15) is 16.2 Å². The van der Waals surface area contributed by atoms with Crippen LogP contribution in [0.4, 0.5) is 5.82 Å². The maximum Gasteiger partial charge on any atom is 0.130 e. The summed E-state index contributed by atoms with van der Waals surface area (Å²) in [7, 11) is 0. The van der Waals surface area contributed by atoms with E-state index < -0.39 is 0 Å². The van der Waals surface area contributed by atoms with Gasteiger partial charge in [0.15, 0.2) is 0 Å². The summed E-state index contributed by atoms with van der Waals surface area (Å²) in [5.41, 5.74) is 0. The number of rotatable bonds is 3. The molecule has 1 aromatic rings. The van der Waals surface area contributed by atoms with Crippen LogP contribution >= 0.6 is 15.9 Å². The lowest BCUT2D eigenvalue weighted by Crippen LogP contribution is -2.09. The second kappa shape index (κ2) is 4.56. The average Bonchev–Trinajstić information content (AvgIpc) is 1.99. The first-order valence-electron chi connectivity index (χ1n) is 4.33. The summed E-state index contributed by atoms with van der Waals surface area (Å²) in [5.74, 6) is 2.28. The topological polar surface area (TPSA) is 37.8 Å². The molecule has 0 aliphatic carbocycles. The van der Waals surface area contributed by atoms with Crippen molar-refractivity contribution in [1.29, 1.82) is 0 Å². The minimum absolute atomic E-state index is 0.619. The first kappa shape index (κ1) is 10.4. The van der Waals surface area contributed by atoms with Gasteiger partial charge in [-0.3, -0.25) is 0 Å². The van der Waals surface area contributed by atoms with E-state index in [2.05, 4.69) is 45.1 Å². The predicted molar refractivity (Wildman–Crippen MR) is 57.8 cm³/mol. The fourth-order valence-electron chi connectivity index (χ4n) is 0.931. The second-order valence-corrected chi connectivity index (χ2v) is 4.21. The molecule has 3 nitrogen and oxygen atoms in total. The molecule has 0 unspecified atom stereocenters. The van der Waals surface area contributed by atoms with Crippen molar-refractivity contribution in [2.24, 2.45) is 5.92 Å². The lowest BCUT2D eigenvalue weighted by molar-refractivity contribution is 0.686. The van der Waals surface area contributed by atoms with Gasteiger partial charge in [-0.05, 0) is 28.8 Å². The highest BCUT2D eigenvalue weighted by Gasteiger charge is 1.99. The van der Waals surface area contributed by atoms with Crippen molar-refractivity contribution >= 4 is 21.7 Å². The van der Waals surface area contributed by atoms with Crippen LogP contribution in [-0.2, 0) is 0 Å². The van der Waals surface area contributed by atoms with Gasteiger partial charge in [-0.15, -0.1) is 0 Å². The Kier molecular flexibility index (Phi) is 3.66. The van der Waals surface area contributed by atoms with Crippen molar-refractivity contribution in [3.05, 3.63) is 16.5 Å². The van der Waals surface area contributed by atoms with Gasteiger partial charge in [0.05, 0.1) is 0 Å². The van der Waals surface area contributed by atoms with Gasteiger partial charge >= 0.3 is 0 Å². The van der Waals surface area contributed by atoms with Crippen molar-refractivity contribution in [3.63, 3.8) is 0 Å². The molecule has 1 aromatic heterocycles. The zero-order valence-corrected chi connectivity index (χ0v) is 9.72. The molecule has 1 N–H and O–H groups in total. The molecule has 0 saturated carbocycles. The van der Waals surface area contributed by atoms with Crippen LogP contribution < -0.4 is 5.32 Å². The molecule has 0 aromatic carbocycles. The maximum atomic E-state index is 4.25. The summed E-state index contributed by atoms with van der Waals surface area (Å²) < 4.78 is 0.825. The smallest absolute Gasteiger partial charge is 0.130 e. The van der Waals surface area contributed by atoms with Crippen LogP contribution in [0.5, 0.6) is 0 Å². The van der Waals surface area contributed by atoms with Crippen LogP contribution in [-0.4, -0.2) is 16.5 Å². The Morgan fingerprint density at radius 2 is 2.15 bits per heavy atom. The summed E-state index contributed by atoms with van der Waals surface area (Å²) in [6.45, 7) is 7.14. The first-order valence-corrected chi connectivity index (χ1v) is 5.12. The number of halogens is 1. The minimum Gasteiger partial charge on any atom is -0.370 e. The Morgan fingerprint density at radius 1 is 1.46 bits per heavy atom. The largest absolute Gasteiger partial charge is 0.370 e. The summed E-state index contributed by atoms with van der Waals surface area (Å²) >= 11 is 3.33. The van der Waals surface area contributed by atoms with Crippen molar-refractivity contribution in [2.45, 2.75) is 20.8 Å². The third-order valence-corrected chi connectivity index (χ3v) is 1.90. The van der Waals surface area contributed by atoms with Crippen LogP contribution in [0.25, 0.3) is 0 Å². The van der Waals surface area contributed by atoms with Crippen LogP contribution in [0.3, 0.4) is 0 Å². The van der Waals surface area contributed by atoms with E-state index in [1.165, 1.54) is 0 Å². The molecule has 0 bridgehead atoms. The molecule has 1 rings (SSSR count). The molecule has 1 heterocycles. The molecule has 0 saturated heterocycles. The average molecular weight is 244 g/mol. The number of hydrogen-bond acceptors (Lipinski definition) is 3. The van der Waals surface area contributed by atoms with Gasteiger partial charge in [0.2, 0.25) is 0 Å². The van der Waals surface area contributed by atoms with Crippen LogP contribution in [0.1, 0.15) is 19.7 Å². The lowest BCUT2D eigenvalue weighted by atomic mass is 10.2. The Morgan fingerprint density at radius 3 is 2.69 bits per heavy atom. The number of nitrogens with zero attached hydrogens (tertiary/aromatic N) is 2. The molecule has 0 amide bonds. The Labute approximate surface area is 87.1 Å². The predicted octanol–water partition coefficient (Wildman–Crippen LogP) is 2.62. The molecule has 0 spiro atoms. The highest BCUT2D eigenvalue weighted by molar-refractivity contribution is 9.10. The third kappa shape index (κ3) is 3.72. The van der Waals surface area contributed by atoms with E-state index >= 15 is 0 Å². The van der Waals surface area contributed by atoms with Gasteiger partial charge < -0.3 is 5.32 Å². The summed E-state index contributed by atoms with van der Waals surface area (Å²) in [6, 6.07) is 1.88. The fraction of sp³-hybridized carbons (Fsp3) is 0.556. The lowest BCUT2D eigenvalue weighted by Gasteiger charge is -2.08. The molecule has 0 atom stereocenters. The maximum absolute atomic E-state index is 4.25. The normalized spacial score (nSPS) is 10.5. The molecule has 0 radical (unpaired) electrons. The highest BCUT2D eigenvalue weighted by atomic mass is 79.9. The molecule has 0 aliphatic rings. The van der Waals surface area contributed by atoms with E-state index in [0.29, 0.717) is 5.92 Å². The third-order valence-electron chi connectivity index (χ3n) is 1.50. The van der Waals surface area contributed by atoms with Crippen molar-refractivity contribution in [2.75, 3.05) is 11.9 Å². The summed E-state index contributed by atoms with van der Waals surface area (Å²) in [6.07, 6.45) is 0. The highest BCUT2D eigenvalue weighted by Crippen LogP contribution is 2.12. The Bertz CT molecular complexity index is 266. The first-order chi connectivity index (χ1) is 6.08. The molecule has 0 aliphatic heterocycles. The molecule has 72 valence electrons. The summed E-state index contributed by atoms with van der Waals surface area (Å²) in [5, 5.41) is 3.24. The van der Waals surface area contributed by atoms with Gasteiger partial charge in [-0.2, -0.15) is 0 Å². The fourth-order valence-corrected chi connectivity index (χ4v) is 1.40.